The molecule has 4 heterocycles. The third-order valence-corrected chi connectivity index (χ3v) is 7.93. The Labute approximate surface area is 242 Å². The molecule has 3 aromatic heterocycles. The minimum atomic E-state index is -1.25. The van der Waals surface area contributed by atoms with Gasteiger partial charge < -0.3 is 24.4 Å². The molecule has 1 atom stereocenters. The molecule has 2 aromatic carbocycles. The summed E-state index contributed by atoms with van der Waals surface area (Å²) in [6, 6.07) is 5.21. The first kappa shape index (κ1) is 27.5. The maximum Gasteiger partial charge on any atom is 0.412 e. The molecular weight excluding hydrogens is 567 g/mol. The Bertz CT molecular complexity index is 1830. The monoisotopic (exact) mass is 592 g/mol. The molecule has 2 N–H and O–H groups in total. The number of aliphatic hydroxyl groups excluding tert-OH is 1. The fourth-order valence-electron chi connectivity index (χ4n) is 4.98. The van der Waals surface area contributed by atoms with Gasteiger partial charge in [0.1, 0.15) is 17.2 Å². The summed E-state index contributed by atoms with van der Waals surface area (Å²) in [6.07, 6.45) is 3.14. The number of carboxylic acid groups (broad SMARTS) is 1. The number of carbonyl (C=O) groups is 1. The van der Waals surface area contributed by atoms with Gasteiger partial charge in [-0.25, -0.2) is 34.1 Å². The number of aliphatic hydroxyl groups is 1. The van der Waals surface area contributed by atoms with Gasteiger partial charge in [0, 0.05) is 23.6 Å². The van der Waals surface area contributed by atoms with Crippen LogP contribution in [0.15, 0.2) is 36.8 Å². The maximum atomic E-state index is 15.4. The SMILES string of the molecule is COc1cnc2c(-c3nc4cc(F)c5c(c4s3)C[C@](C)(CN(C(=O)O)c3cnc(OCCO)nc3)O5)cc(C)cc2n1. The number of benzene rings is 2. The summed E-state index contributed by atoms with van der Waals surface area (Å²) in [4.78, 5) is 35.1. The van der Waals surface area contributed by atoms with Crippen LogP contribution in [0, 0.1) is 12.7 Å². The van der Waals surface area contributed by atoms with E-state index in [4.69, 9.17) is 24.3 Å². The minimum absolute atomic E-state index is 0.00541. The van der Waals surface area contributed by atoms with Crippen molar-refractivity contribution in [1.29, 1.82) is 0 Å². The number of aryl methyl sites for hydroxylation is 1. The van der Waals surface area contributed by atoms with Crippen molar-refractivity contribution in [3.05, 3.63) is 53.7 Å². The van der Waals surface area contributed by atoms with E-state index in [-0.39, 0.29) is 43.6 Å². The molecule has 0 aliphatic carbocycles. The summed E-state index contributed by atoms with van der Waals surface area (Å²) in [7, 11) is 1.53. The number of fused-ring (bicyclic) bond motifs is 4. The zero-order chi connectivity index (χ0) is 29.6. The number of hydrogen-bond donors (Lipinski definition) is 2. The lowest BCUT2D eigenvalue weighted by molar-refractivity contribution is 0.115. The van der Waals surface area contributed by atoms with Gasteiger partial charge in [-0.3, -0.25) is 4.90 Å². The van der Waals surface area contributed by atoms with Crippen LogP contribution in [-0.2, 0) is 6.42 Å². The van der Waals surface area contributed by atoms with Crippen LogP contribution in [0.5, 0.6) is 17.6 Å². The predicted molar refractivity (Wildman–Crippen MR) is 152 cm³/mol. The highest BCUT2D eigenvalue weighted by atomic mass is 32.1. The van der Waals surface area contributed by atoms with Gasteiger partial charge in [-0.05, 0) is 31.5 Å². The van der Waals surface area contributed by atoms with Gasteiger partial charge in [0.2, 0.25) is 5.88 Å². The highest BCUT2D eigenvalue weighted by molar-refractivity contribution is 7.22. The number of thiazole rings is 1. The zero-order valence-electron chi connectivity index (χ0n) is 22.8. The van der Waals surface area contributed by atoms with E-state index >= 15 is 4.39 Å². The van der Waals surface area contributed by atoms with E-state index in [0.29, 0.717) is 33.0 Å². The summed E-state index contributed by atoms with van der Waals surface area (Å²) in [5.74, 6) is -0.104. The number of halogens is 1. The number of methoxy groups -OCH3 is 1. The second-order valence-corrected chi connectivity index (χ2v) is 11.0. The summed E-state index contributed by atoms with van der Waals surface area (Å²) < 4.78 is 32.6. The molecule has 0 radical (unpaired) electrons. The van der Waals surface area contributed by atoms with Crippen LogP contribution in [0.3, 0.4) is 0 Å². The number of aromatic nitrogens is 5. The summed E-state index contributed by atoms with van der Waals surface area (Å²) >= 11 is 1.39. The van der Waals surface area contributed by atoms with Crippen LogP contribution in [0.25, 0.3) is 31.8 Å². The first-order chi connectivity index (χ1) is 20.2. The fourth-order valence-corrected chi connectivity index (χ4v) is 6.08. The molecule has 216 valence electrons. The number of amides is 1. The van der Waals surface area contributed by atoms with E-state index in [9.17, 15) is 9.90 Å². The van der Waals surface area contributed by atoms with Gasteiger partial charge in [-0.2, -0.15) is 0 Å². The van der Waals surface area contributed by atoms with Crippen LogP contribution in [0.4, 0.5) is 14.9 Å². The lowest BCUT2D eigenvalue weighted by atomic mass is 9.98. The first-order valence-corrected chi connectivity index (χ1v) is 13.7. The number of anilines is 1. The Kier molecular flexibility index (Phi) is 6.94. The van der Waals surface area contributed by atoms with Gasteiger partial charge in [0.15, 0.2) is 11.6 Å². The van der Waals surface area contributed by atoms with Crippen molar-refractivity contribution >= 4 is 44.4 Å². The Morgan fingerprint density at radius 1 is 1.17 bits per heavy atom. The van der Waals surface area contributed by atoms with Crippen molar-refractivity contribution in [1.82, 2.24) is 24.9 Å². The van der Waals surface area contributed by atoms with E-state index in [2.05, 4.69) is 19.9 Å². The largest absolute Gasteiger partial charge is 0.482 e. The molecule has 6 rings (SSSR count). The highest BCUT2D eigenvalue weighted by Crippen LogP contribution is 2.46. The molecule has 5 aromatic rings. The third kappa shape index (κ3) is 4.99. The van der Waals surface area contributed by atoms with Crippen molar-refractivity contribution < 1.29 is 33.6 Å². The minimum Gasteiger partial charge on any atom is -0.482 e. The number of nitrogens with zero attached hydrogens (tertiary/aromatic N) is 6. The molecule has 0 fully saturated rings. The Morgan fingerprint density at radius 3 is 2.67 bits per heavy atom. The fraction of sp³-hybridized carbons (Fsp3) is 0.286. The molecule has 1 aliphatic rings. The molecule has 0 bridgehead atoms. The van der Waals surface area contributed by atoms with Crippen molar-refractivity contribution in [3.8, 4) is 28.2 Å². The second-order valence-electron chi connectivity index (χ2n) is 10.0. The normalized spacial score (nSPS) is 15.9. The second kappa shape index (κ2) is 10.6. The Balaban J connectivity index is 1.34. The van der Waals surface area contributed by atoms with E-state index < -0.39 is 17.5 Å². The number of rotatable bonds is 8. The topological polar surface area (TPSA) is 153 Å². The van der Waals surface area contributed by atoms with Gasteiger partial charge in [-0.15, -0.1) is 11.3 Å². The smallest absolute Gasteiger partial charge is 0.412 e. The van der Waals surface area contributed by atoms with Crippen LogP contribution in [0.2, 0.25) is 0 Å². The van der Waals surface area contributed by atoms with E-state index in [1.165, 1.54) is 36.9 Å². The summed E-state index contributed by atoms with van der Waals surface area (Å²) in [6.45, 7) is 3.35. The van der Waals surface area contributed by atoms with Crippen LogP contribution in [0.1, 0.15) is 18.1 Å². The molecule has 42 heavy (non-hydrogen) atoms. The molecule has 14 heteroatoms. The van der Waals surface area contributed by atoms with Gasteiger partial charge in [-0.1, -0.05) is 0 Å². The summed E-state index contributed by atoms with van der Waals surface area (Å²) in [5.41, 5.74) is 3.21. The molecule has 0 saturated carbocycles. The number of hydrogen-bond acceptors (Lipinski definition) is 11. The van der Waals surface area contributed by atoms with Crippen molar-refractivity contribution in [3.63, 3.8) is 0 Å². The summed E-state index contributed by atoms with van der Waals surface area (Å²) in [5, 5.41) is 19.5. The van der Waals surface area contributed by atoms with Crippen molar-refractivity contribution in [2.75, 3.05) is 31.8 Å². The van der Waals surface area contributed by atoms with Gasteiger partial charge in [0.25, 0.3) is 0 Å². The predicted octanol–water partition coefficient (Wildman–Crippen LogP) is 4.40. The lowest BCUT2D eigenvalue weighted by Crippen LogP contribution is -2.46. The quantitative estimate of drug-likeness (QED) is 0.264. The highest BCUT2D eigenvalue weighted by Gasteiger charge is 2.41. The van der Waals surface area contributed by atoms with Gasteiger partial charge >= 0.3 is 12.1 Å². The zero-order valence-corrected chi connectivity index (χ0v) is 23.6. The lowest BCUT2D eigenvalue weighted by Gasteiger charge is -2.30. The van der Waals surface area contributed by atoms with Crippen LogP contribution in [-0.4, -0.2) is 73.7 Å². The molecule has 0 saturated heterocycles. The van der Waals surface area contributed by atoms with E-state index in [1.807, 2.05) is 19.1 Å². The number of ether oxygens (including phenoxy) is 3. The average Bonchev–Trinajstić information content (AvgIpc) is 3.55. The van der Waals surface area contributed by atoms with Crippen molar-refractivity contribution in [2.45, 2.75) is 25.9 Å². The molecule has 0 spiro atoms. The van der Waals surface area contributed by atoms with Gasteiger partial charge in [0.05, 0.1) is 65.8 Å². The van der Waals surface area contributed by atoms with E-state index in [0.717, 1.165) is 20.7 Å². The standard InChI is InChI=1S/C28H25FN6O6S/c1-14-6-16(22-19(7-14)33-21(39-3)12-30-22)25-34-20-8-18(29)23-17(24(20)42-25)9-28(2,41-23)13-35(27(37)38)15-10-31-26(32-11-15)40-5-4-36/h6-8,10-12,36H,4-5,9,13H2,1-3H3,(H,37,38)/t28-/m1/s1. The third-order valence-electron chi connectivity index (χ3n) is 6.76. The molecule has 1 amide bonds. The maximum absolute atomic E-state index is 15.4. The first-order valence-electron chi connectivity index (χ1n) is 12.9. The molecular formula is C28H25FN6O6S. The van der Waals surface area contributed by atoms with Crippen LogP contribution < -0.4 is 19.1 Å². The molecule has 1 aliphatic heterocycles. The molecule has 0 unspecified atom stereocenters. The van der Waals surface area contributed by atoms with Crippen molar-refractivity contribution in [2.24, 2.45) is 0 Å². The van der Waals surface area contributed by atoms with Crippen LogP contribution >= 0.6 is 11.3 Å². The Morgan fingerprint density at radius 2 is 1.95 bits per heavy atom. The Hall–Kier alpha value is -4.69. The molecule has 12 nitrogen and oxygen atoms in total. The average molecular weight is 593 g/mol. The van der Waals surface area contributed by atoms with E-state index in [1.54, 1.807) is 13.1 Å².